The molecule has 3 N–H and O–H groups in total. The van der Waals surface area contributed by atoms with Crippen LogP contribution < -0.4 is 15.5 Å². The number of aromatic hydroxyl groups is 1. The van der Waals surface area contributed by atoms with Gasteiger partial charge in [0.05, 0.1) is 0 Å². The molecule has 3 aromatic rings. The average Bonchev–Trinajstić information content (AvgIpc) is 2.80. The van der Waals surface area contributed by atoms with E-state index in [2.05, 4.69) is 20.3 Å². The number of carbonyl (C=O) groups is 2. The molecule has 0 spiro atoms. The van der Waals surface area contributed by atoms with Gasteiger partial charge in [-0.05, 0) is 57.2 Å². The van der Waals surface area contributed by atoms with Gasteiger partial charge >= 0.3 is 0 Å². The molecule has 7 nitrogen and oxygen atoms in total. The largest absolute Gasteiger partial charge is 0.507 e. The lowest BCUT2D eigenvalue weighted by atomic mass is 10.1. The summed E-state index contributed by atoms with van der Waals surface area (Å²) in [6.07, 6.45) is 0. The van der Waals surface area contributed by atoms with E-state index in [0.29, 0.717) is 17.7 Å². The number of phenolic OH excluding ortho intramolecular Hbond substituents is 1. The van der Waals surface area contributed by atoms with Gasteiger partial charge in [0.25, 0.3) is 12.4 Å². The standard InChI is InChI=1S/C21H21N3O2.C5H10O2/c25-20-6-2-3-17-18(20)4-1-5-19(17)23-21(26)15-7-9-16(10-8-15)24-13-11-22-12-14-24;1-5(2,3)7-4-6/h1-10,22,25H,11-14H2,(H,23,26);4H,1-3H3. The van der Waals surface area contributed by atoms with E-state index < -0.39 is 0 Å². The minimum atomic E-state index is -0.318. The first-order valence-electron chi connectivity index (χ1n) is 11.0. The summed E-state index contributed by atoms with van der Waals surface area (Å²) in [4.78, 5) is 24.5. The molecule has 0 saturated carbocycles. The monoisotopic (exact) mass is 449 g/mol. The van der Waals surface area contributed by atoms with Crippen LogP contribution in [0.2, 0.25) is 0 Å². The van der Waals surface area contributed by atoms with Gasteiger partial charge in [-0.3, -0.25) is 9.59 Å². The van der Waals surface area contributed by atoms with Crippen molar-refractivity contribution in [2.24, 2.45) is 0 Å². The Kier molecular flexibility index (Phi) is 7.90. The summed E-state index contributed by atoms with van der Waals surface area (Å²) in [6.45, 7) is 9.84. The van der Waals surface area contributed by atoms with Crippen LogP contribution in [0.4, 0.5) is 11.4 Å². The van der Waals surface area contributed by atoms with Crippen LogP contribution in [0, 0.1) is 0 Å². The van der Waals surface area contributed by atoms with Crippen molar-refractivity contribution in [3.8, 4) is 5.75 Å². The number of phenols is 1. The first kappa shape index (κ1) is 24.1. The number of nitrogens with one attached hydrogen (secondary N) is 2. The lowest BCUT2D eigenvalue weighted by molar-refractivity contribution is -0.138. The predicted molar refractivity (Wildman–Crippen MR) is 132 cm³/mol. The third kappa shape index (κ3) is 6.70. The number of nitrogens with zero attached hydrogens (tertiary/aromatic N) is 1. The fourth-order valence-electron chi connectivity index (χ4n) is 3.49. The highest BCUT2D eigenvalue weighted by Crippen LogP contribution is 2.30. The van der Waals surface area contributed by atoms with Crippen molar-refractivity contribution in [1.82, 2.24) is 5.32 Å². The minimum Gasteiger partial charge on any atom is -0.507 e. The highest BCUT2D eigenvalue weighted by Gasteiger charge is 2.13. The summed E-state index contributed by atoms with van der Waals surface area (Å²) in [7, 11) is 0. The van der Waals surface area contributed by atoms with Crippen LogP contribution in [0.25, 0.3) is 10.8 Å². The Morgan fingerprint density at radius 3 is 2.24 bits per heavy atom. The van der Waals surface area contributed by atoms with E-state index in [9.17, 15) is 14.7 Å². The maximum atomic E-state index is 12.6. The van der Waals surface area contributed by atoms with E-state index in [1.165, 1.54) is 0 Å². The number of hydrogen-bond acceptors (Lipinski definition) is 6. The molecule has 1 aliphatic rings. The first-order valence-corrected chi connectivity index (χ1v) is 11.0. The molecule has 1 heterocycles. The van der Waals surface area contributed by atoms with Crippen LogP contribution in [-0.4, -0.2) is 49.3 Å². The predicted octanol–water partition coefficient (Wildman–Crippen LogP) is 4.17. The minimum absolute atomic E-state index is 0.160. The second kappa shape index (κ2) is 10.8. The van der Waals surface area contributed by atoms with Crippen LogP contribution >= 0.6 is 0 Å². The Morgan fingerprint density at radius 1 is 1.00 bits per heavy atom. The average molecular weight is 450 g/mol. The van der Waals surface area contributed by atoms with Crippen molar-refractivity contribution in [2.45, 2.75) is 26.4 Å². The van der Waals surface area contributed by atoms with Crippen molar-refractivity contribution in [2.75, 3.05) is 36.4 Å². The summed E-state index contributed by atoms with van der Waals surface area (Å²) in [5.41, 5.74) is 2.12. The van der Waals surface area contributed by atoms with Gasteiger partial charge in [0.15, 0.2) is 0 Å². The van der Waals surface area contributed by atoms with E-state index >= 15 is 0 Å². The molecule has 0 aromatic heterocycles. The Labute approximate surface area is 194 Å². The third-order valence-electron chi connectivity index (χ3n) is 5.16. The van der Waals surface area contributed by atoms with E-state index in [-0.39, 0.29) is 17.3 Å². The molecular formula is C26H31N3O4. The van der Waals surface area contributed by atoms with Crippen LogP contribution in [0.1, 0.15) is 31.1 Å². The van der Waals surface area contributed by atoms with E-state index in [4.69, 9.17) is 0 Å². The molecule has 4 rings (SSSR count). The molecule has 0 bridgehead atoms. The topological polar surface area (TPSA) is 90.9 Å². The van der Waals surface area contributed by atoms with Crippen molar-refractivity contribution in [1.29, 1.82) is 0 Å². The number of carbonyl (C=O) groups excluding carboxylic acids is 2. The molecule has 1 aliphatic heterocycles. The Hall–Kier alpha value is -3.58. The molecule has 1 saturated heterocycles. The van der Waals surface area contributed by atoms with Crippen molar-refractivity contribution in [3.05, 3.63) is 66.2 Å². The summed E-state index contributed by atoms with van der Waals surface area (Å²) in [6, 6.07) is 18.5. The molecule has 7 heteroatoms. The number of ether oxygens (including phenoxy) is 1. The zero-order valence-electron chi connectivity index (χ0n) is 19.3. The van der Waals surface area contributed by atoms with E-state index in [1.54, 1.807) is 12.1 Å². The summed E-state index contributed by atoms with van der Waals surface area (Å²) in [5, 5.41) is 17.8. The molecule has 1 fully saturated rings. The molecule has 3 aromatic carbocycles. The molecule has 174 valence electrons. The van der Waals surface area contributed by atoms with Crippen molar-refractivity contribution >= 4 is 34.5 Å². The summed E-state index contributed by atoms with van der Waals surface area (Å²) < 4.78 is 4.55. The molecule has 0 aliphatic carbocycles. The normalized spacial score (nSPS) is 13.6. The van der Waals surface area contributed by atoms with Gasteiger partial charge in [0.1, 0.15) is 11.4 Å². The lowest BCUT2D eigenvalue weighted by Crippen LogP contribution is -2.43. The summed E-state index contributed by atoms with van der Waals surface area (Å²) in [5.74, 6) is 0.0478. The number of hydrogen-bond donors (Lipinski definition) is 3. The quantitative estimate of drug-likeness (QED) is 0.518. The molecule has 0 unspecified atom stereocenters. The number of anilines is 2. The SMILES string of the molecule is CC(C)(C)OC=O.O=C(Nc1cccc2c(O)cccc12)c1ccc(N2CCNCC2)cc1. The highest BCUT2D eigenvalue weighted by molar-refractivity contribution is 6.10. The first-order chi connectivity index (χ1) is 15.8. The van der Waals surface area contributed by atoms with Crippen LogP contribution in [0.15, 0.2) is 60.7 Å². The van der Waals surface area contributed by atoms with Crippen LogP contribution in [0.3, 0.4) is 0 Å². The van der Waals surface area contributed by atoms with Crippen LogP contribution in [0.5, 0.6) is 5.75 Å². The van der Waals surface area contributed by atoms with Crippen molar-refractivity contribution < 1.29 is 19.4 Å². The molecular weight excluding hydrogens is 418 g/mol. The number of rotatable bonds is 4. The fourth-order valence-corrected chi connectivity index (χ4v) is 3.49. The van der Waals surface area contributed by atoms with Crippen molar-refractivity contribution in [3.63, 3.8) is 0 Å². The number of benzene rings is 3. The highest BCUT2D eigenvalue weighted by atomic mass is 16.5. The zero-order chi connectivity index (χ0) is 23.8. The van der Waals surface area contributed by atoms with Gasteiger partial charge in [-0.2, -0.15) is 0 Å². The van der Waals surface area contributed by atoms with Gasteiger partial charge in [-0.25, -0.2) is 0 Å². The molecule has 33 heavy (non-hydrogen) atoms. The van der Waals surface area contributed by atoms with Gasteiger partial charge < -0.3 is 25.4 Å². The third-order valence-corrected chi connectivity index (χ3v) is 5.16. The maximum Gasteiger partial charge on any atom is 0.293 e. The van der Waals surface area contributed by atoms with E-state index in [0.717, 1.165) is 42.6 Å². The second-order valence-corrected chi connectivity index (χ2v) is 8.74. The number of amides is 1. The smallest absolute Gasteiger partial charge is 0.293 e. The van der Waals surface area contributed by atoms with Gasteiger partial charge in [-0.15, -0.1) is 0 Å². The van der Waals surface area contributed by atoms with Gasteiger partial charge in [0, 0.05) is 53.9 Å². The van der Waals surface area contributed by atoms with E-state index in [1.807, 2.05) is 69.3 Å². The molecule has 0 atom stereocenters. The fraction of sp³-hybridized carbons (Fsp3) is 0.308. The Balaban J connectivity index is 0.000000383. The maximum absolute atomic E-state index is 12.6. The number of fused-ring (bicyclic) bond motifs is 1. The number of piperazine rings is 1. The zero-order valence-corrected chi connectivity index (χ0v) is 19.3. The summed E-state index contributed by atoms with van der Waals surface area (Å²) >= 11 is 0. The van der Waals surface area contributed by atoms with Gasteiger partial charge in [0.2, 0.25) is 0 Å². The molecule has 1 amide bonds. The second-order valence-electron chi connectivity index (χ2n) is 8.74. The Bertz CT molecular complexity index is 1080. The molecule has 0 radical (unpaired) electrons. The Morgan fingerprint density at radius 2 is 1.64 bits per heavy atom. The van der Waals surface area contributed by atoms with Gasteiger partial charge in [-0.1, -0.05) is 24.3 Å². The van der Waals surface area contributed by atoms with Crippen LogP contribution in [-0.2, 0) is 9.53 Å². The lowest BCUT2D eigenvalue weighted by Gasteiger charge is -2.29.